The number of likely N-dealkylation sites (N-methyl/N-ethyl adjacent to an activating group) is 1. The van der Waals surface area contributed by atoms with Crippen LogP contribution in [0.3, 0.4) is 0 Å². The SMILES string of the molecule is CCNC(=NCc1ncc(C)s1)NCC(C)(C)N(C)C.I. The van der Waals surface area contributed by atoms with E-state index < -0.39 is 0 Å². The summed E-state index contributed by atoms with van der Waals surface area (Å²) >= 11 is 1.69. The van der Waals surface area contributed by atoms with Crippen molar-refractivity contribution in [1.29, 1.82) is 0 Å². The number of nitrogens with one attached hydrogen (secondary N) is 2. The third-order valence-corrected chi connectivity index (χ3v) is 4.18. The van der Waals surface area contributed by atoms with E-state index in [-0.39, 0.29) is 29.5 Å². The second-order valence-corrected chi connectivity index (χ2v) is 6.94. The first-order valence-corrected chi connectivity index (χ1v) is 7.77. The van der Waals surface area contributed by atoms with Crippen molar-refractivity contribution in [3.8, 4) is 0 Å². The molecular formula is C14H28IN5S. The highest BCUT2D eigenvalue weighted by molar-refractivity contribution is 14.0. The lowest BCUT2D eigenvalue weighted by molar-refractivity contribution is 0.197. The molecule has 0 fully saturated rings. The highest BCUT2D eigenvalue weighted by Gasteiger charge is 2.20. The number of rotatable bonds is 6. The first-order chi connectivity index (χ1) is 9.35. The van der Waals surface area contributed by atoms with E-state index in [1.54, 1.807) is 11.3 Å². The predicted molar refractivity (Wildman–Crippen MR) is 103 cm³/mol. The molecule has 0 unspecified atom stereocenters. The van der Waals surface area contributed by atoms with Crippen LogP contribution in [-0.4, -0.2) is 48.6 Å². The first kappa shape index (κ1) is 20.6. The Morgan fingerprint density at radius 2 is 2.05 bits per heavy atom. The molecule has 122 valence electrons. The molecule has 0 amide bonds. The number of aliphatic imine (C=N–C) groups is 1. The molecule has 7 heteroatoms. The van der Waals surface area contributed by atoms with Crippen LogP contribution in [0.5, 0.6) is 0 Å². The molecule has 1 rings (SSSR count). The summed E-state index contributed by atoms with van der Waals surface area (Å²) in [4.78, 5) is 12.3. The maximum absolute atomic E-state index is 4.58. The molecule has 5 nitrogen and oxygen atoms in total. The van der Waals surface area contributed by atoms with Gasteiger partial charge in [-0.3, -0.25) is 0 Å². The molecule has 0 atom stereocenters. The summed E-state index contributed by atoms with van der Waals surface area (Å²) in [6, 6.07) is 0. The van der Waals surface area contributed by atoms with E-state index in [2.05, 4.69) is 67.3 Å². The van der Waals surface area contributed by atoms with E-state index in [0.717, 1.165) is 24.1 Å². The number of guanidine groups is 1. The standard InChI is InChI=1S/C14H27N5S.HI/c1-7-15-13(18-10-14(3,4)19(5)6)17-9-12-16-8-11(2)20-12;/h8H,7,9-10H2,1-6H3,(H2,15,17,18);1H. The minimum Gasteiger partial charge on any atom is -0.357 e. The van der Waals surface area contributed by atoms with Gasteiger partial charge in [-0.2, -0.15) is 0 Å². The van der Waals surface area contributed by atoms with Crippen molar-refractivity contribution in [2.24, 2.45) is 4.99 Å². The Bertz CT molecular complexity index is 442. The van der Waals surface area contributed by atoms with E-state index >= 15 is 0 Å². The zero-order valence-corrected chi connectivity index (χ0v) is 17.0. The zero-order chi connectivity index (χ0) is 15.2. The Balaban J connectivity index is 0.00000400. The van der Waals surface area contributed by atoms with Crippen molar-refractivity contribution in [2.75, 3.05) is 27.2 Å². The Morgan fingerprint density at radius 1 is 1.38 bits per heavy atom. The Hall–Kier alpha value is -0.410. The zero-order valence-electron chi connectivity index (χ0n) is 13.9. The molecule has 2 N–H and O–H groups in total. The van der Waals surface area contributed by atoms with Crippen LogP contribution in [0.4, 0.5) is 0 Å². The van der Waals surface area contributed by atoms with E-state index in [1.165, 1.54) is 4.88 Å². The fourth-order valence-electron chi connectivity index (χ4n) is 1.42. The molecule has 0 saturated heterocycles. The van der Waals surface area contributed by atoms with Crippen LogP contribution in [-0.2, 0) is 6.54 Å². The number of hydrogen-bond acceptors (Lipinski definition) is 4. The van der Waals surface area contributed by atoms with E-state index in [0.29, 0.717) is 6.54 Å². The van der Waals surface area contributed by atoms with Crippen molar-refractivity contribution in [1.82, 2.24) is 20.5 Å². The molecule has 0 saturated carbocycles. The van der Waals surface area contributed by atoms with Crippen LogP contribution in [0.15, 0.2) is 11.2 Å². The fourth-order valence-corrected chi connectivity index (χ4v) is 2.13. The number of thiazole rings is 1. The Kier molecular flexibility index (Phi) is 9.39. The molecule has 1 heterocycles. The molecule has 0 aromatic carbocycles. The molecule has 0 bridgehead atoms. The molecule has 1 aromatic rings. The molecule has 0 spiro atoms. The molecule has 0 aliphatic rings. The monoisotopic (exact) mass is 425 g/mol. The lowest BCUT2D eigenvalue weighted by Crippen LogP contribution is -2.50. The topological polar surface area (TPSA) is 52.6 Å². The molecule has 21 heavy (non-hydrogen) atoms. The Labute approximate surface area is 149 Å². The quantitative estimate of drug-likeness (QED) is 0.418. The summed E-state index contributed by atoms with van der Waals surface area (Å²) in [6.45, 7) is 10.8. The van der Waals surface area contributed by atoms with E-state index in [1.807, 2.05) is 6.20 Å². The third-order valence-electron chi connectivity index (χ3n) is 3.28. The summed E-state index contributed by atoms with van der Waals surface area (Å²) in [7, 11) is 4.17. The fraction of sp³-hybridized carbons (Fsp3) is 0.714. The van der Waals surface area contributed by atoms with Gasteiger partial charge in [0.05, 0.1) is 6.54 Å². The summed E-state index contributed by atoms with van der Waals surface area (Å²) in [6.07, 6.45) is 1.89. The van der Waals surface area contributed by atoms with Gasteiger partial charge in [0.15, 0.2) is 5.96 Å². The number of nitrogens with zero attached hydrogens (tertiary/aromatic N) is 3. The number of halogens is 1. The van der Waals surface area contributed by atoms with Gasteiger partial charge in [0.25, 0.3) is 0 Å². The highest BCUT2D eigenvalue weighted by atomic mass is 127. The van der Waals surface area contributed by atoms with Gasteiger partial charge in [0.1, 0.15) is 5.01 Å². The van der Waals surface area contributed by atoms with E-state index in [4.69, 9.17) is 0 Å². The van der Waals surface area contributed by atoms with Gasteiger partial charge < -0.3 is 15.5 Å². The van der Waals surface area contributed by atoms with E-state index in [9.17, 15) is 0 Å². The van der Waals surface area contributed by atoms with Gasteiger partial charge >= 0.3 is 0 Å². The third kappa shape index (κ3) is 7.42. The van der Waals surface area contributed by atoms with Crippen LogP contribution in [0.25, 0.3) is 0 Å². The van der Waals surface area contributed by atoms with Crippen LogP contribution < -0.4 is 10.6 Å². The molecule has 0 aliphatic heterocycles. The molecule has 0 radical (unpaired) electrons. The second-order valence-electron chi connectivity index (χ2n) is 5.62. The summed E-state index contributed by atoms with van der Waals surface area (Å²) in [5, 5.41) is 7.71. The number of aryl methyl sites for hydroxylation is 1. The predicted octanol–water partition coefficient (Wildman–Crippen LogP) is 2.46. The van der Waals surface area contributed by atoms with Crippen LogP contribution >= 0.6 is 35.3 Å². The second kappa shape index (κ2) is 9.58. The summed E-state index contributed by atoms with van der Waals surface area (Å²) in [5.74, 6) is 0.843. The molecular weight excluding hydrogens is 397 g/mol. The molecule has 0 aliphatic carbocycles. The maximum atomic E-state index is 4.58. The average Bonchev–Trinajstić information content (AvgIpc) is 2.78. The van der Waals surface area contributed by atoms with Gasteiger partial charge in [-0.15, -0.1) is 35.3 Å². The average molecular weight is 425 g/mol. The summed E-state index contributed by atoms with van der Waals surface area (Å²) < 4.78 is 0. The number of hydrogen-bond donors (Lipinski definition) is 2. The number of aromatic nitrogens is 1. The summed E-state index contributed by atoms with van der Waals surface area (Å²) in [5.41, 5.74) is 0.0773. The largest absolute Gasteiger partial charge is 0.357 e. The van der Waals surface area contributed by atoms with Crippen molar-refractivity contribution < 1.29 is 0 Å². The van der Waals surface area contributed by atoms with Crippen molar-refractivity contribution in [3.63, 3.8) is 0 Å². The maximum Gasteiger partial charge on any atom is 0.191 e. The van der Waals surface area contributed by atoms with Crippen LogP contribution in [0, 0.1) is 6.92 Å². The van der Waals surface area contributed by atoms with Gasteiger partial charge in [-0.25, -0.2) is 9.98 Å². The minimum absolute atomic E-state index is 0. The van der Waals surface area contributed by atoms with Crippen LogP contribution in [0.2, 0.25) is 0 Å². The smallest absolute Gasteiger partial charge is 0.191 e. The minimum atomic E-state index is 0. The molecule has 1 aromatic heterocycles. The van der Waals surface area contributed by atoms with Crippen molar-refractivity contribution in [3.05, 3.63) is 16.1 Å². The van der Waals surface area contributed by atoms with Crippen molar-refractivity contribution >= 4 is 41.3 Å². The Morgan fingerprint density at radius 3 is 2.52 bits per heavy atom. The first-order valence-electron chi connectivity index (χ1n) is 6.96. The van der Waals surface area contributed by atoms with Crippen LogP contribution in [0.1, 0.15) is 30.7 Å². The highest BCUT2D eigenvalue weighted by Crippen LogP contribution is 2.12. The lowest BCUT2D eigenvalue weighted by Gasteiger charge is -2.33. The van der Waals surface area contributed by atoms with Gasteiger partial charge in [-0.05, 0) is 41.8 Å². The van der Waals surface area contributed by atoms with Gasteiger partial charge in [0, 0.05) is 29.7 Å². The van der Waals surface area contributed by atoms with Gasteiger partial charge in [0.2, 0.25) is 0 Å². The van der Waals surface area contributed by atoms with Crippen molar-refractivity contribution in [2.45, 2.75) is 39.8 Å². The normalized spacial score (nSPS) is 12.2. The lowest BCUT2D eigenvalue weighted by atomic mass is 10.0. The van der Waals surface area contributed by atoms with Gasteiger partial charge in [-0.1, -0.05) is 0 Å².